The molecule has 0 saturated carbocycles. The SMILES string of the molecule is CCCC(CCC)OC(=O)c1ccc(OCc2ccccc2)cc1F. The molecular formula is C21H25FO3. The van der Waals surface area contributed by atoms with Gasteiger partial charge in [0.15, 0.2) is 0 Å². The van der Waals surface area contributed by atoms with Gasteiger partial charge in [-0.3, -0.25) is 0 Å². The number of halogens is 1. The Hall–Kier alpha value is -2.36. The van der Waals surface area contributed by atoms with Crippen molar-refractivity contribution in [2.24, 2.45) is 0 Å². The molecule has 0 aromatic heterocycles. The number of ether oxygens (including phenoxy) is 2. The van der Waals surface area contributed by atoms with E-state index < -0.39 is 11.8 Å². The first-order chi connectivity index (χ1) is 12.1. The van der Waals surface area contributed by atoms with Crippen LogP contribution in [0.4, 0.5) is 4.39 Å². The first-order valence-corrected chi connectivity index (χ1v) is 8.81. The molecule has 2 aromatic rings. The fraction of sp³-hybridized carbons (Fsp3) is 0.381. The van der Waals surface area contributed by atoms with Gasteiger partial charge in [0.05, 0.1) is 5.56 Å². The number of rotatable bonds is 9. The van der Waals surface area contributed by atoms with E-state index >= 15 is 0 Å². The topological polar surface area (TPSA) is 35.5 Å². The fourth-order valence-electron chi connectivity index (χ4n) is 2.61. The van der Waals surface area contributed by atoms with Crippen LogP contribution in [0.5, 0.6) is 5.75 Å². The summed E-state index contributed by atoms with van der Waals surface area (Å²) in [5.41, 5.74) is 0.942. The van der Waals surface area contributed by atoms with Crippen molar-refractivity contribution in [3.05, 3.63) is 65.5 Å². The van der Waals surface area contributed by atoms with Gasteiger partial charge < -0.3 is 9.47 Å². The van der Waals surface area contributed by atoms with Crippen LogP contribution in [0.15, 0.2) is 48.5 Å². The minimum Gasteiger partial charge on any atom is -0.489 e. The van der Waals surface area contributed by atoms with Gasteiger partial charge in [0.1, 0.15) is 24.3 Å². The molecule has 0 aliphatic carbocycles. The summed E-state index contributed by atoms with van der Waals surface area (Å²) in [4.78, 5) is 12.2. The summed E-state index contributed by atoms with van der Waals surface area (Å²) in [6.45, 7) is 4.42. The minimum absolute atomic E-state index is 0.0516. The Morgan fingerprint density at radius 1 is 1.04 bits per heavy atom. The Kier molecular flexibility index (Phi) is 7.45. The third-order valence-electron chi connectivity index (χ3n) is 3.90. The Bertz CT molecular complexity index is 664. The van der Waals surface area contributed by atoms with Gasteiger partial charge in [0.2, 0.25) is 0 Å². The van der Waals surface area contributed by atoms with E-state index in [0.717, 1.165) is 31.2 Å². The van der Waals surface area contributed by atoms with Crippen molar-refractivity contribution >= 4 is 5.97 Å². The molecule has 25 heavy (non-hydrogen) atoms. The van der Waals surface area contributed by atoms with Crippen molar-refractivity contribution in [1.29, 1.82) is 0 Å². The van der Waals surface area contributed by atoms with Crippen LogP contribution < -0.4 is 4.74 Å². The van der Waals surface area contributed by atoms with Gasteiger partial charge in [-0.05, 0) is 30.5 Å². The third kappa shape index (κ3) is 5.89. The van der Waals surface area contributed by atoms with E-state index in [1.54, 1.807) is 6.07 Å². The van der Waals surface area contributed by atoms with Crippen molar-refractivity contribution in [3.8, 4) is 5.75 Å². The Morgan fingerprint density at radius 2 is 1.72 bits per heavy atom. The smallest absolute Gasteiger partial charge is 0.341 e. The summed E-state index contributed by atoms with van der Waals surface area (Å²) in [6.07, 6.45) is 3.27. The van der Waals surface area contributed by atoms with E-state index in [9.17, 15) is 9.18 Å². The normalized spacial score (nSPS) is 10.7. The summed E-state index contributed by atoms with van der Waals surface area (Å²) in [5, 5.41) is 0. The number of hydrogen-bond acceptors (Lipinski definition) is 3. The van der Waals surface area contributed by atoms with Crippen LogP contribution in [0.3, 0.4) is 0 Å². The van der Waals surface area contributed by atoms with E-state index in [-0.39, 0.29) is 11.7 Å². The predicted octanol–water partition coefficient (Wildman–Crippen LogP) is 5.53. The lowest BCUT2D eigenvalue weighted by Gasteiger charge is -2.17. The molecule has 0 saturated heterocycles. The second-order valence-corrected chi connectivity index (χ2v) is 6.02. The number of hydrogen-bond donors (Lipinski definition) is 0. The zero-order chi connectivity index (χ0) is 18.1. The lowest BCUT2D eigenvalue weighted by Crippen LogP contribution is -2.19. The summed E-state index contributed by atoms with van der Waals surface area (Å²) in [6, 6.07) is 13.9. The summed E-state index contributed by atoms with van der Waals surface area (Å²) < 4.78 is 25.3. The van der Waals surface area contributed by atoms with E-state index in [4.69, 9.17) is 9.47 Å². The van der Waals surface area contributed by atoms with Crippen LogP contribution >= 0.6 is 0 Å². The van der Waals surface area contributed by atoms with Crippen molar-refractivity contribution < 1.29 is 18.7 Å². The summed E-state index contributed by atoms with van der Waals surface area (Å²) in [5.74, 6) is -0.849. The average molecular weight is 344 g/mol. The predicted molar refractivity (Wildman–Crippen MR) is 96.2 cm³/mol. The lowest BCUT2D eigenvalue weighted by atomic mass is 10.1. The van der Waals surface area contributed by atoms with Gasteiger partial charge >= 0.3 is 5.97 Å². The van der Waals surface area contributed by atoms with Crippen LogP contribution in [0.2, 0.25) is 0 Å². The van der Waals surface area contributed by atoms with Crippen LogP contribution in [0.25, 0.3) is 0 Å². The van der Waals surface area contributed by atoms with E-state index in [1.807, 2.05) is 44.2 Å². The van der Waals surface area contributed by atoms with Crippen molar-refractivity contribution in [3.63, 3.8) is 0 Å². The highest BCUT2D eigenvalue weighted by molar-refractivity contribution is 5.90. The largest absolute Gasteiger partial charge is 0.489 e. The lowest BCUT2D eigenvalue weighted by molar-refractivity contribution is 0.0253. The van der Waals surface area contributed by atoms with Crippen LogP contribution in [-0.4, -0.2) is 12.1 Å². The highest BCUT2D eigenvalue weighted by atomic mass is 19.1. The summed E-state index contributed by atoms with van der Waals surface area (Å²) >= 11 is 0. The van der Waals surface area contributed by atoms with Crippen molar-refractivity contribution in [2.75, 3.05) is 0 Å². The van der Waals surface area contributed by atoms with Gasteiger partial charge in [0.25, 0.3) is 0 Å². The molecule has 0 aliphatic heterocycles. The Labute approximate surface area is 148 Å². The first kappa shape index (κ1) is 19.0. The maximum absolute atomic E-state index is 14.3. The molecule has 0 heterocycles. The van der Waals surface area contributed by atoms with E-state index in [1.165, 1.54) is 12.1 Å². The molecule has 0 aliphatic rings. The van der Waals surface area contributed by atoms with Gasteiger partial charge in [-0.1, -0.05) is 57.0 Å². The van der Waals surface area contributed by atoms with Crippen LogP contribution in [-0.2, 0) is 11.3 Å². The second kappa shape index (κ2) is 9.82. The fourth-order valence-corrected chi connectivity index (χ4v) is 2.61. The zero-order valence-corrected chi connectivity index (χ0v) is 14.8. The van der Waals surface area contributed by atoms with Gasteiger partial charge in [-0.2, -0.15) is 0 Å². The molecule has 2 rings (SSSR count). The minimum atomic E-state index is -0.623. The van der Waals surface area contributed by atoms with Crippen molar-refractivity contribution in [1.82, 2.24) is 0 Å². The molecule has 0 unspecified atom stereocenters. The van der Waals surface area contributed by atoms with E-state index in [0.29, 0.717) is 12.4 Å². The highest BCUT2D eigenvalue weighted by Gasteiger charge is 2.18. The van der Waals surface area contributed by atoms with Gasteiger partial charge in [-0.15, -0.1) is 0 Å². The molecule has 0 radical (unpaired) electrons. The summed E-state index contributed by atoms with van der Waals surface area (Å²) in [7, 11) is 0. The number of benzene rings is 2. The Balaban J connectivity index is 1.99. The van der Waals surface area contributed by atoms with Gasteiger partial charge in [0, 0.05) is 6.07 Å². The number of esters is 1. The standard InChI is InChI=1S/C21H25FO3/c1-3-8-17(9-4-2)25-21(23)19-13-12-18(14-20(19)22)24-15-16-10-6-5-7-11-16/h5-7,10-14,17H,3-4,8-9,15H2,1-2H3. The maximum atomic E-state index is 14.3. The van der Waals surface area contributed by atoms with Crippen LogP contribution in [0, 0.1) is 5.82 Å². The molecule has 0 N–H and O–H groups in total. The molecule has 4 heteroatoms. The molecule has 0 fully saturated rings. The first-order valence-electron chi connectivity index (χ1n) is 8.81. The molecule has 2 aromatic carbocycles. The highest BCUT2D eigenvalue weighted by Crippen LogP contribution is 2.20. The third-order valence-corrected chi connectivity index (χ3v) is 3.90. The molecule has 0 spiro atoms. The van der Waals surface area contributed by atoms with Crippen LogP contribution in [0.1, 0.15) is 55.5 Å². The van der Waals surface area contributed by atoms with Gasteiger partial charge in [-0.25, -0.2) is 9.18 Å². The quantitative estimate of drug-likeness (QED) is 0.561. The number of carbonyl (C=O) groups excluding carboxylic acids is 1. The molecule has 134 valence electrons. The number of carbonyl (C=O) groups is 1. The molecule has 0 amide bonds. The molecule has 0 bridgehead atoms. The maximum Gasteiger partial charge on any atom is 0.341 e. The zero-order valence-electron chi connectivity index (χ0n) is 14.8. The molecular weight excluding hydrogens is 319 g/mol. The second-order valence-electron chi connectivity index (χ2n) is 6.02. The van der Waals surface area contributed by atoms with Crippen molar-refractivity contribution in [2.45, 2.75) is 52.2 Å². The monoisotopic (exact) mass is 344 g/mol. The molecule has 3 nitrogen and oxygen atoms in total. The molecule has 0 atom stereocenters. The van der Waals surface area contributed by atoms with E-state index in [2.05, 4.69) is 0 Å². The Morgan fingerprint density at radius 3 is 2.32 bits per heavy atom. The average Bonchev–Trinajstić information content (AvgIpc) is 2.61.